The molecule has 0 aromatic heterocycles. The van der Waals surface area contributed by atoms with E-state index in [4.69, 9.17) is 11.6 Å². The summed E-state index contributed by atoms with van der Waals surface area (Å²) in [7, 11) is 0. The van der Waals surface area contributed by atoms with Crippen LogP contribution in [0.4, 0.5) is 5.69 Å². The second kappa shape index (κ2) is 7.16. The quantitative estimate of drug-likeness (QED) is 0.828. The van der Waals surface area contributed by atoms with Crippen LogP contribution < -0.4 is 10.2 Å². The molecule has 2 nitrogen and oxygen atoms in total. The van der Waals surface area contributed by atoms with Crippen LogP contribution in [0, 0.1) is 0 Å². The number of hydrogen-bond donors (Lipinski definition) is 1. The molecule has 1 aromatic carbocycles. The van der Waals surface area contributed by atoms with Gasteiger partial charge in [0.05, 0.1) is 0 Å². The van der Waals surface area contributed by atoms with Crippen LogP contribution in [-0.2, 0) is 6.54 Å². The summed E-state index contributed by atoms with van der Waals surface area (Å²) in [5.74, 6) is 0. The standard InChI is InChI=1S/C16H27ClN2/c1-6-11-19(7-2)15-10-8-9-14(17)13(15)12-18-16(3,4)5/h8-10,18H,6-7,11-12H2,1-5H3. The fourth-order valence-electron chi connectivity index (χ4n) is 2.09. The lowest BCUT2D eigenvalue weighted by molar-refractivity contribution is 0.424. The van der Waals surface area contributed by atoms with E-state index >= 15 is 0 Å². The number of nitrogens with one attached hydrogen (secondary N) is 1. The molecule has 0 aliphatic heterocycles. The van der Waals surface area contributed by atoms with Crippen LogP contribution in [0.1, 0.15) is 46.6 Å². The van der Waals surface area contributed by atoms with Gasteiger partial charge in [-0.1, -0.05) is 24.6 Å². The second-order valence-corrected chi connectivity index (χ2v) is 6.33. The lowest BCUT2D eigenvalue weighted by Crippen LogP contribution is -2.36. The van der Waals surface area contributed by atoms with Crippen LogP contribution in [0.2, 0.25) is 5.02 Å². The Morgan fingerprint density at radius 1 is 1.21 bits per heavy atom. The Hall–Kier alpha value is -0.730. The summed E-state index contributed by atoms with van der Waals surface area (Å²) in [5.41, 5.74) is 2.56. The lowest BCUT2D eigenvalue weighted by atomic mass is 10.1. The molecule has 0 bridgehead atoms. The van der Waals surface area contributed by atoms with E-state index in [-0.39, 0.29) is 5.54 Å². The van der Waals surface area contributed by atoms with Crippen molar-refractivity contribution in [3.8, 4) is 0 Å². The van der Waals surface area contributed by atoms with Gasteiger partial charge in [-0.3, -0.25) is 0 Å². The number of rotatable bonds is 6. The third kappa shape index (κ3) is 5.04. The normalized spacial score (nSPS) is 11.7. The first-order valence-electron chi connectivity index (χ1n) is 7.16. The molecule has 0 aliphatic carbocycles. The van der Waals surface area contributed by atoms with Gasteiger partial charge in [-0.15, -0.1) is 0 Å². The summed E-state index contributed by atoms with van der Waals surface area (Å²) >= 11 is 6.39. The fourth-order valence-corrected chi connectivity index (χ4v) is 2.33. The minimum atomic E-state index is 0.0955. The molecule has 0 heterocycles. The number of benzene rings is 1. The van der Waals surface area contributed by atoms with Crippen LogP contribution in [0.3, 0.4) is 0 Å². The van der Waals surface area contributed by atoms with Gasteiger partial charge in [-0.2, -0.15) is 0 Å². The maximum atomic E-state index is 6.39. The first kappa shape index (κ1) is 16.3. The Kier molecular flexibility index (Phi) is 6.15. The fraction of sp³-hybridized carbons (Fsp3) is 0.625. The topological polar surface area (TPSA) is 15.3 Å². The number of halogens is 1. The summed E-state index contributed by atoms with van der Waals surface area (Å²) in [5, 5.41) is 4.38. The van der Waals surface area contributed by atoms with Crippen molar-refractivity contribution < 1.29 is 0 Å². The van der Waals surface area contributed by atoms with Crippen molar-refractivity contribution in [2.75, 3.05) is 18.0 Å². The van der Waals surface area contributed by atoms with Crippen molar-refractivity contribution in [3.63, 3.8) is 0 Å². The molecule has 1 N–H and O–H groups in total. The molecule has 19 heavy (non-hydrogen) atoms. The molecule has 108 valence electrons. The summed E-state index contributed by atoms with van der Waals surface area (Å²) in [6.07, 6.45) is 1.15. The molecular weight excluding hydrogens is 256 g/mol. The van der Waals surface area contributed by atoms with Gasteiger partial charge in [0.1, 0.15) is 0 Å². The van der Waals surface area contributed by atoms with E-state index < -0.39 is 0 Å². The van der Waals surface area contributed by atoms with E-state index in [1.165, 1.54) is 11.3 Å². The predicted molar refractivity (Wildman–Crippen MR) is 86.2 cm³/mol. The highest BCUT2D eigenvalue weighted by molar-refractivity contribution is 6.31. The SMILES string of the molecule is CCCN(CC)c1cccc(Cl)c1CNC(C)(C)C. The highest BCUT2D eigenvalue weighted by Crippen LogP contribution is 2.28. The Morgan fingerprint density at radius 2 is 1.89 bits per heavy atom. The highest BCUT2D eigenvalue weighted by Gasteiger charge is 2.15. The third-order valence-corrected chi connectivity index (χ3v) is 3.46. The highest BCUT2D eigenvalue weighted by atomic mass is 35.5. The molecule has 1 aromatic rings. The van der Waals surface area contributed by atoms with Gasteiger partial charge in [-0.25, -0.2) is 0 Å². The molecule has 0 saturated carbocycles. The van der Waals surface area contributed by atoms with Gasteiger partial charge < -0.3 is 10.2 Å². The van der Waals surface area contributed by atoms with Crippen LogP contribution in [0.25, 0.3) is 0 Å². The Bertz CT molecular complexity index is 396. The summed E-state index contributed by atoms with van der Waals surface area (Å²) in [6.45, 7) is 13.8. The smallest absolute Gasteiger partial charge is 0.0471 e. The molecule has 0 unspecified atom stereocenters. The average molecular weight is 283 g/mol. The van der Waals surface area contributed by atoms with Gasteiger partial charge in [0.15, 0.2) is 0 Å². The largest absolute Gasteiger partial charge is 0.372 e. The van der Waals surface area contributed by atoms with Crippen molar-refractivity contribution in [1.29, 1.82) is 0 Å². The van der Waals surface area contributed by atoms with Gasteiger partial charge in [-0.05, 0) is 46.2 Å². The molecular formula is C16H27ClN2. The monoisotopic (exact) mass is 282 g/mol. The van der Waals surface area contributed by atoms with Gasteiger partial charge in [0, 0.05) is 41.4 Å². The van der Waals surface area contributed by atoms with Crippen molar-refractivity contribution in [3.05, 3.63) is 28.8 Å². The van der Waals surface area contributed by atoms with E-state index in [1.807, 2.05) is 12.1 Å². The minimum absolute atomic E-state index is 0.0955. The van der Waals surface area contributed by atoms with E-state index in [1.54, 1.807) is 0 Å². The lowest BCUT2D eigenvalue weighted by Gasteiger charge is -2.28. The Balaban J connectivity index is 3.00. The predicted octanol–water partition coefficient (Wildman–Crippen LogP) is 4.46. The van der Waals surface area contributed by atoms with Crippen molar-refractivity contribution in [2.45, 2.75) is 53.1 Å². The summed E-state index contributed by atoms with van der Waals surface area (Å²) in [6, 6.07) is 6.19. The molecule has 0 spiro atoms. The first-order valence-corrected chi connectivity index (χ1v) is 7.54. The molecule has 0 aliphatic rings. The van der Waals surface area contributed by atoms with Gasteiger partial charge >= 0.3 is 0 Å². The van der Waals surface area contributed by atoms with Crippen LogP contribution in [0.15, 0.2) is 18.2 Å². The zero-order chi connectivity index (χ0) is 14.5. The average Bonchev–Trinajstić information content (AvgIpc) is 2.33. The van der Waals surface area contributed by atoms with Crippen molar-refractivity contribution in [1.82, 2.24) is 5.32 Å². The third-order valence-electron chi connectivity index (χ3n) is 3.11. The maximum Gasteiger partial charge on any atom is 0.0471 e. The van der Waals surface area contributed by atoms with Crippen molar-refractivity contribution in [2.24, 2.45) is 0 Å². The molecule has 1 rings (SSSR count). The molecule has 0 saturated heterocycles. The van der Waals surface area contributed by atoms with Crippen LogP contribution >= 0.6 is 11.6 Å². The second-order valence-electron chi connectivity index (χ2n) is 5.92. The summed E-state index contributed by atoms with van der Waals surface area (Å²) < 4.78 is 0. The zero-order valence-corrected chi connectivity index (χ0v) is 13.6. The molecule has 0 amide bonds. The van der Waals surface area contributed by atoms with E-state index in [9.17, 15) is 0 Å². The number of nitrogens with zero attached hydrogens (tertiary/aromatic N) is 1. The van der Waals surface area contributed by atoms with Gasteiger partial charge in [0.25, 0.3) is 0 Å². The van der Waals surface area contributed by atoms with Gasteiger partial charge in [0.2, 0.25) is 0 Å². The van der Waals surface area contributed by atoms with E-state index in [0.29, 0.717) is 0 Å². The first-order chi connectivity index (χ1) is 8.89. The molecule has 3 heteroatoms. The van der Waals surface area contributed by atoms with E-state index in [0.717, 1.165) is 31.1 Å². The van der Waals surface area contributed by atoms with E-state index in [2.05, 4.69) is 50.9 Å². The number of hydrogen-bond acceptors (Lipinski definition) is 2. The molecule has 0 atom stereocenters. The maximum absolute atomic E-state index is 6.39. The van der Waals surface area contributed by atoms with Crippen LogP contribution in [-0.4, -0.2) is 18.6 Å². The minimum Gasteiger partial charge on any atom is -0.372 e. The Morgan fingerprint density at radius 3 is 2.42 bits per heavy atom. The van der Waals surface area contributed by atoms with Crippen LogP contribution in [0.5, 0.6) is 0 Å². The van der Waals surface area contributed by atoms with Crippen molar-refractivity contribution >= 4 is 17.3 Å². The molecule has 0 fully saturated rings. The number of anilines is 1. The zero-order valence-electron chi connectivity index (χ0n) is 12.9. The summed E-state index contributed by atoms with van der Waals surface area (Å²) in [4.78, 5) is 2.39. The Labute approximate surface area is 123 Å². The molecule has 0 radical (unpaired) electrons.